The number of hydrogen-bond donors (Lipinski definition) is 3. The average Bonchev–Trinajstić information content (AvgIpc) is 3.44. The quantitative estimate of drug-likeness (QED) is 0.273. The summed E-state index contributed by atoms with van der Waals surface area (Å²) in [6.07, 6.45) is -2.02. The summed E-state index contributed by atoms with van der Waals surface area (Å²) in [6, 6.07) is 12.7. The van der Waals surface area contributed by atoms with Crippen molar-refractivity contribution >= 4 is 35.5 Å². The predicted octanol–water partition coefficient (Wildman–Crippen LogP) is 4.37. The van der Waals surface area contributed by atoms with Crippen molar-refractivity contribution in [3.63, 3.8) is 0 Å². The minimum Gasteiger partial charge on any atom is -0.488 e. The first kappa shape index (κ1) is 32.2. The van der Waals surface area contributed by atoms with Crippen LogP contribution in [0.5, 0.6) is 5.75 Å². The van der Waals surface area contributed by atoms with Crippen LogP contribution in [0.3, 0.4) is 0 Å². The molecule has 0 spiro atoms. The lowest BCUT2D eigenvalue weighted by Crippen LogP contribution is -2.48. The molecule has 11 nitrogen and oxygen atoms in total. The summed E-state index contributed by atoms with van der Waals surface area (Å²) in [6.45, 7) is 2.13. The normalized spacial score (nSPS) is 25.2. The van der Waals surface area contributed by atoms with E-state index >= 15 is 0 Å². The Labute approximate surface area is 253 Å². The van der Waals surface area contributed by atoms with Gasteiger partial charge in [-0.3, -0.25) is 19.2 Å². The fraction of sp³-hybridized carbons (Fsp3) is 0.484. The molecular weight excluding hydrogens is 584 g/mol. The third-order valence-corrected chi connectivity index (χ3v) is 8.25. The van der Waals surface area contributed by atoms with Crippen molar-refractivity contribution in [1.29, 1.82) is 0 Å². The van der Waals surface area contributed by atoms with Gasteiger partial charge in [0.25, 0.3) is 0 Å². The summed E-state index contributed by atoms with van der Waals surface area (Å²) >= 11 is 6.57. The van der Waals surface area contributed by atoms with E-state index in [4.69, 9.17) is 30.5 Å². The zero-order valence-electron chi connectivity index (χ0n) is 23.6. The van der Waals surface area contributed by atoms with Crippen molar-refractivity contribution in [3.05, 3.63) is 64.2 Å². The Morgan fingerprint density at radius 2 is 1.56 bits per heavy atom. The van der Waals surface area contributed by atoms with Crippen LogP contribution in [0.25, 0.3) is 0 Å². The van der Waals surface area contributed by atoms with Gasteiger partial charge in [0, 0.05) is 36.6 Å². The second-order valence-corrected chi connectivity index (χ2v) is 11.4. The van der Waals surface area contributed by atoms with Crippen LogP contribution in [0.2, 0.25) is 5.02 Å². The van der Waals surface area contributed by atoms with Gasteiger partial charge in [0.15, 0.2) is 0 Å². The molecule has 0 amide bonds. The number of carboxylic acid groups (broad SMARTS) is 3. The Kier molecular flexibility index (Phi) is 11.0. The number of halogens is 1. The molecule has 2 aliphatic rings. The number of carboxylic acids is 3. The maximum absolute atomic E-state index is 12.0. The van der Waals surface area contributed by atoms with Crippen molar-refractivity contribution in [3.8, 4) is 5.75 Å². The summed E-state index contributed by atoms with van der Waals surface area (Å²) in [5, 5.41) is 29.6. The SMILES string of the molecule is CC(=O)OC[C@@H]1O[C@@H](c2ccc(Cl)c(Cc3ccc(O[C@H]4CCOC4)cc3)c2)[C@@H](CC(=O)O)[C@@H](CC(=O)O)[C@H]1CC(=O)O. The van der Waals surface area contributed by atoms with Gasteiger partial charge in [-0.25, -0.2) is 0 Å². The van der Waals surface area contributed by atoms with Crippen molar-refractivity contribution < 1.29 is 53.4 Å². The lowest BCUT2D eigenvalue weighted by Gasteiger charge is -2.46. The average molecular weight is 619 g/mol. The van der Waals surface area contributed by atoms with E-state index in [1.165, 1.54) is 6.92 Å². The van der Waals surface area contributed by atoms with Gasteiger partial charge in [-0.15, -0.1) is 0 Å². The Hall–Kier alpha value is -3.67. The molecule has 0 saturated carbocycles. The highest BCUT2D eigenvalue weighted by atomic mass is 35.5. The summed E-state index contributed by atoms with van der Waals surface area (Å²) in [4.78, 5) is 47.3. The third kappa shape index (κ3) is 8.92. The van der Waals surface area contributed by atoms with E-state index in [-0.39, 0.29) is 12.7 Å². The van der Waals surface area contributed by atoms with Gasteiger partial charge in [-0.2, -0.15) is 0 Å². The Balaban J connectivity index is 1.65. The van der Waals surface area contributed by atoms with E-state index in [1.54, 1.807) is 18.2 Å². The second kappa shape index (κ2) is 14.7. The first-order chi connectivity index (χ1) is 20.5. The molecule has 2 aliphatic heterocycles. The molecule has 43 heavy (non-hydrogen) atoms. The zero-order valence-corrected chi connectivity index (χ0v) is 24.4. The van der Waals surface area contributed by atoms with E-state index in [9.17, 15) is 34.5 Å². The number of ether oxygens (including phenoxy) is 4. The molecule has 0 aliphatic carbocycles. The largest absolute Gasteiger partial charge is 0.488 e. The molecule has 0 radical (unpaired) electrons. The van der Waals surface area contributed by atoms with E-state index in [2.05, 4.69) is 0 Å². The smallest absolute Gasteiger partial charge is 0.303 e. The molecule has 0 aromatic heterocycles. The van der Waals surface area contributed by atoms with Gasteiger partial charge in [0.2, 0.25) is 0 Å². The Bertz CT molecular complexity index is 1310. The number of esters is 1. The fourth-order valence-corrected chi connectivity index (χ4v) is 6.14. The molecule has 0 unspecified atom stereocenters. The van der Waals surface area contributed by atoms with E-state index in [1.807, 2.05) is 24.3 Å². The van der Waals surface area contributed by atoms with Gasteiger partial charge in [-0.1, -0.05) is 35.9 Å². The zero-order chi connectivity index (χ0) is 31.1. The fourth-order valence-electron chi connectivity index (χ4n) is 5.96. The third-order valence-electron chi connectivity index (χ3n) is 7.88. The van der Waals surface area contributed by atoms with Crippen LogP contribution in [-0.2, 0) is 39.8 Å². The van der Waals surface area contributed by atoms with Crippen LogP contribution in [0.1, 0.15) is 55.4 Å². The topological polar surface area (TPSA) is 166 Å². The molecule has 4 rings (SSSR count). The number of carbonyl (C=O) groups is 4. The number of rotatable bonds is 13. The first-order valence-corrected chi connectivity index (χ1v) is 14.4. The van der Waals surface area contributed by atoms with Crippen LogP contribution < -0.4 is 4.74 Å². The van der Waals surface area contributed by atoms with Gasteiger partial charge in [0.1, 0.15) is 18.5 Å². The monoisotopic (exact) mass is 618 g/mol. The molecule has 2 heterocycles. The highest BCUT2D eigenvalue weighted by Gasteiger charge is 2.48. The Morgan fingerprint density at radius 3 is 2.16 bits per heavy atom. The molecule has 2 fully saturated rings. The van der Waals surface area contributed by atoms with Crippen molar-refractivity contribution in [2.45, 2.75) is 57.3 Å². The molecular formula is C31H35ClO11. The Morgan fingerprint density at radius 1 is 0.907 bits per heavy atom. The van der Waals surface area contributed by atoms with Gasteiger partial charge in [-0.05, 0) is 47.2 Å². The van der Waals surface area contributed by atoms with Crippen molar-refractivity contribution in [2.24, 2.45) is 17.8 Å². The summed E-state index contributed by atoms with van der Waals surface area (Å²) in [5.74, 6) is -6.14. The lowest BCUT2D eigenvalue weighted by molar-refractivity contribution is -0.189. The molecule has 2 aromatic rings. The molecule has 12 heteroatoms. The van der Waals surface area contributed by atoms with E-state index in [0.717, 1.165) is 23.3 Å². The minimum atomic E-state index is -1.20. The molecule has 2 saturated heterocycles. The molecule has 232 valence electrons. The van der Waals surface area contributed by atoms with Crippen LogP contribution in [0, 0.1) is 17.8 Å². The number of aliphatic carboxylic acids is 3. The maximum atomic E-state index is 12.0. The predicted molar refractivity (Wildman–Crippen MR) is 152 cm³/mol. The van der Waals surface area contributed by atoms with E-state index in [0.29, 0.717) is 30.2 Å². The highest BCUT2D eigenvalue weighted by molar-refractivity contribution is 6.31. The maximum Gasteiger partial charge on any atom is 0.303 e. The number of carbonyl (C=O) groups excluding carboxylic acids is 1. The molecule has 6 atom stereocenters. The van der Waals surface area contributed by atoms with Crippen LogP contribution in [0.4, 0.5) is 0 Å². The molecule has 0 bridgehead atoms. The first-order valence-electron chi connectivity index (χ1n) is 14.1. The van der Waals surface area contributed by atoms with Crippen molar-refractivity contribution in [1.82, 2.24) is 0 Å². The standard InChI is InChI=1S/C31H35ClO11/c1-17(33)41-16-27-24(13-29(36)37)23(12-28(34)35)25(14-30(38)39)31(43-27)19-4-7-26(32)20(11-19)10-18-2-5-21(6-3-18)42-22-8-9-40-15-22/h2-7,11,22-25,27,31H,8-10,12-16H2,1H3,(H,34,35)(H,36,37)(H,38,39)/t22-,23-,24+,25-,27-,31-/m0/s1. The van der Waals surface area contributed by atoms with Crippen LogP contribution >= 0.6 is 11.6 Å². The highest BCUT2D eigenvalue weighted by Crippen LogP contribution is 2.48. The van der Waals surface area contributed by atoms with E-state index < -0.39 is 73.1 Å². The second-order valence-electron chi connectivity index (χ2n) is 11.0. The molecule has 3 N–H and O–H groups in total. The van der Waals surface area contributed by atoms with Crippen molar-refractivity contribution in [2.75, 3.05) is 19.8 Å². The molecule has 2 aromatic carbocycles. The number of hydrogen-bond acceptors (Lipinski definition) is 8. The lowest BCUT2D eigenvalue weighted by atomic mass is 9.68. The van der Waals surface area contributed by atoms with Gasteiger partial charge >= 0.3 is 23.9 Å². The summed E-state index contributed by atoms with van der Waals surface area (Å²) < 4.78 is 22.8. The van der Waals surface area contributed by atoms with Gasteiger partial charge < -0.3 is 34.3 Å². The minimum absolute atomic E-state index is 0.0240. The van der Waals surface area contributed by atoms with Crippen LogP contribution in [-0.4, -0.2) is 71.2 Å². The van der Waals surface area contributed by atoms with Gasteiger partial charge in [0.05, 0.1) is 38.3 Å². The summed E-state index contributed by atoms with van der Waals surface area (Å²) in [7, 11) is 0. The van der Waals surface area contributed by atoms with Crippen LogP contribution in [0.15, 0.2) is 42.5 Å². The number of benzene rings is 2. The summed E-state index contributed by atoms with van der Waals surface area (Å²) in [5.41, 5.74) is 2.23.